The number of nitrogen functional groups attached to an aromatic ring is 1. The van der Waals surface area contributed by atoms with Gasteiger partial charge in [0, 0.05) is 0 Å². The van der Waals surface area contributed by atoms with E-state index in [-0.39, 0.29) is 42.0 Å². The van der Waals surface area contributed by atoms with Crippen molar-refractivity contribution in [2.24, 2.45) is 0 Å². The molecular formula is C24H31N6O9P. The maximum Gasteiger partial charge on any atom is 0.459 e. The number of hydrogen-bond donors (Lipinski definition) is 4. The zero-order valence-electron chi connectivity index (χ0n) is 21.9. The minimum Gasteiger partial charge on any atom is -0.476 e. The van der Waals surface area contributed by atoms with Gasteiger partial charge < -0.3 is 34.7 Å². The van der Waals surface area contributed by atoms with E-state index in [1.165, 1.54) is 24.7 Å². The topological polar surface area (TPSA) is 202 Å². The van der Waals surface area contributed by atoms with Crippen LogP contribution in [0.15, 0.2) is 36.7 Å². The highest BCUT2D eigenvalue weighted by Gasteiger charge is 2.54. The zero-order chi connectivity index (χ0) is 28.5. The molecule has 6 bridgehead atoms. The summed E-state index contributed by atoms with van der Waals surface area (Å²) in [4.78, 5) is 25.3. The van der Waals surface area contributed by atoms with Crippen LogP contribution in [0.5, 0.6) is 11.6 Å². The van der Waals surface area contributed by atoms with Crippen LogP contribution >= 0.6 is 7.75 Å². The van der Waals surface area contributed by atoms with E-state index in [4.69, 9.17) is 29.0 Å². The van der Waals surface area contributed by atoms with Crippen molar-refractivity contribution in [3.05, 3.63) is 36.7 Å². The standard InChI is InChI=1S/C24H31N6O9P/c1-14-21(32)36-11-7-6-10-35-20-17-19(27-23(25)28-20)30(13-26-17)22-24(2,33)18(31)16(38-22)12-37-40(34,29-14)39-15-8-4-3-5-9-15/h3-5,8-9,13-14,16,18,22,31,33H,6-7,10-12H2,1-2H3,(H,29,34)(H2,25,27,28)/t14-,16-,18-,22-,24-,40?/m1/s1. The number of para-hydroxylation sites is 1. The number of aliphatic hydroxyl groups excluding tert-OH is 1. The summed E-state index contributed by atoms with van der Waals surface area (Å²) >= 11 is 0. The molecule has 2 aliphatic rings. The van der Waals surface area contributed by atoms with Crippen LogP contribution in [0.4, 0.5) is 5.95 Å². The number of carbonyl (C=O) groups is 1. The Labute approximate surface area is 229 Å². The molecule has 3 aromatic rings. The largest absolute Gasteiger partial charge is 0.476 e. The maximum atomic E-state index is 13.8. The summed E-state index contributed by atoms with van der Waals surface area (Å²) in [6.07, 6.45) is -1.51. The average molecular weight is 579 g/mol. The summed E-state index contributed by atoms with van der Waals surface area (Å²) in [5, 5.41) is 24.8. The summed E-state index contributed by atoms with van der Waals surface area (Å²) in [6, 6.07) is 7.17. The fraction of sp³-hybridized carbons (Fsp3) is 0.500. The molecule has 6 atom stereocenters. The van der Waals surface area contributed by atoms with Crippen LogP contribution in [-0.2, 0) is 23.4 Å². The van der Waals surface area contributed by atoms with Gasteiger partial charge >= 0.3 is 13.7 Å². The first-order valence-corrected chi connectivity index (χ1v) is 14.2. The molecular weight excluding hydrogens is 547 g/mol. The lowest BCUT2D eigenvalue weighted by molar-refractivity contribution is -0.145. The molecule has 0 radical (unpaired) electrons. The lowest BCUT2D eigenvalue weighted by atomic mass is 9.96. The van der Waals surface area contributed by atoms with Crippen molar-refractivity contribution < 1.29 is 42.8 Å². The first kappa shape index (κ1) is 28.2. The van der Waals surface area contributed by atoms with Crippen molar-refractivity contribution in [1.82, 2.24) is 24.6 Å². The van der Waals surface area contributed by atoms with Crippen LogP contribution in [0.2, 0.25) is 0 Å². The first-order valence-electron chi connectivity index (χ1n) is 12.7. The Bertz CT molecular complexity index is 1400. The second kappa shape index (κ2) is 11.3. The monoisotopic (exact) mass is 578 g/mol. The number of anilines is 1. The van der Waals surface area contributed by atoms with Gasteiger partial charge in [0.25, 0.3) is 0 Å². The van der Waals surface area contributed by atoms with Crippen LogP contribution in [-0.4, -0.2) is 79.4 Å². The Kier molecular flexibility index (Phi) is 7.95. The highest BCUT2D eigenvalue weighted by Crippen LogP contribution is 2.47. The number of hydrogen-bond acceptors (Lipinski definition) is 13. The van der Waals surface area contributed by atoms with E-state index in [0.717, 1.165) is 0 Å². The minimum atomic E-state index is -4.23. The molecule has 2 aromatic heterocycles. The number of esters is 1. The summed E-state index contributed by atoms with van der Waals surface area (Å²) in [5.74, 6) is -0.422. The normalized spacial score (nSPS) is 32.0. The van der Waals surface area contributed by atoms with Crippen molar-refractivity contribution >= 4 is 30.8 Å². The van der Waals surface area contributed by atoms with Crippen molar-refractivity contribution in [3.8, 4) is 11.6 Å². The molecule has 2 aliphatic heterocycles. The molecule has 40 heavy (non-hydrogen) atoms. The molecule has 0 saturated carbocycles. The van der Waals surface area contributed by atoms with Gasteiger partial charge in [-0.15, -0.1) is 0 Å². The van der Waals surface area contributed by atoms with Crippen molar-refractivity contribution in [2.75, 3.05) is 25.6 Å². The summed E-state index contributed by atoms with van der Waals surface area (Å²) < 4.78 is 43.6. The molecule has 216 valence electrons. The number of nitrogens with zero attached hydrogens (tertiary/aromatic N) is 4. The highest BCUT2D eigenvalue weighted by atomic mass is 31.2. The Morgan fingerprint density at radius 2 is 1.93 bits per heavy atom. The molecule has 0 aliphatic carbocycles. The number of nitrogens with two attached hydrogens (primary N) is 1. The van der Waals surface area contributed by atoms with Gasteiger partial charge in [-0.2, -0.15) is 15.1 Å². The van der Waals surface area contributed by atoms with E-state index < -0.39 is 50.4 Å². The van der Waals surface area contributed by atoms with E-state index in [1.54, 1.807) is 30.3 Å². The molecule has 5 N–H and O–H groups in total. The second-order valence-corrected chi connectivity index (χ2v) is 11.4. The number of benzene rings is 1. The maximum absolute atomic E-state index is 13.8. The van der Waals surface area contributed by atoms with Gasteiger partial charge in [-0.3, -0.25) is 13.9 Å². The number of fused-ring (bicyclic) bond motifs is 3. The van der Waals surface area contributed by atoms with E-state index in [2.05, 4.69) is 20.0 Å². The van der Waals surface area contributed by atoms with E-state index in [0.29, 0.717) is 12.8 Å². The summed E-state index contributed by atoms with van der Waals surface area (Å²) in [7, 11) is -4.23. The van der Waals surface area contributed by atoms with Crippen LogP contribution in [0.1, 0.15) is 32.9 Å². The van der Waals surface area contributed by atoms with Crippen LogP contribution in [0, 0.1) is 0 Å². The molecule has 1 aromatic carbocycles. The molecule has 16 heteroatoms. The quantitative estimate of drug-likeness (QED) is 0.250. The van der Waals surface area contributed by atoms with Crippen molar-refractivity contribution in [2.45, 2.75) is 56.8 Å². The third-order valence-electron chi connectivity index (χ3n) is 6.52. The lowest BCUT2D eigenvalue weighted by Crippen LogP contribution is -2.44. The number of imidazole rings is 1. The predicted octanol–water partition coefficient (Wildman–Crippen LogP) is 1.32. The van der Waals surface area contributed by atoms with Crippen LogP contribution < -0.4 is 20.1 Å². The van der Waals surface area contributed by atoms with Crippen molar-refractivity contribution in [3.63, 3.8) is 0 Å². The third-order valence-corrected chi connectivity index (χ3v) is 8.16. The Balaban J connectivity index is 1.48. The Hall–Kier alpha value is -3.33. The number of aromatic nitrogens is 4. The van der Waals surface area contributed by atoms with E-state index in [9.17, 15) is 19.6 Å². The molecule has 0 spiro atoms. The van der Waals surface area contributed by atoms with Gasteiger partial charge in [-0.25, -0.2) is 9.55 Å². The first-order chi connectivity index (χ1) is 19.1. The Morgan fingerprint density at radius 3 is 2.67 bits per heavy atom. The van der Waals surface area contributed by atoms with Crippen LogP contribution in [0.3, 0.4) is 0 Å². The molecule has 1 unspecified atom stereocenters. The van der Waals surface area contributed by atoms with Gasteiger partial charge in [0.1, 0.15) is 29.6 Å². The summed E-state index contributed by atoms with van der Waals surface area (Å²) in [5.41, 5.74) is 4.53. The molecule has 1 saturated heterocycles. The number of nitrogens with one attached hydrogen (secondary N) is 1. The molecule has 15 nitrogen and oxygen atoms in total. The Morgan fingerprint density at radius 1 is 1.20 bits per heavy atom. The third kappa shape index (κ3) is 5.75. The predicted molar refractivity (Wildman–Crippen MR) is 139 cm³/mol. The zero-order valence-corrected chi connectivity index (χ0v) is 22.8. The number of rotatable bonds is 2. The fourth-order valence-corrected chi connectivity index (χ4v) is 5.90. The van der Waals surface area contributed by atoms with Gasteiger partial charge in [-0.05, 0) is 38.8 Å². The van der Waals surface area contributed by atoms with Crippen LogP contribution in [0.25, 0.3) is 11.2 Å². The van der Waals surface area contributed by atoms with E-state index in [1.807, 2.05) is 0 Å². The lowest BCUT2D eigenvalue weighted by Gasteiger charge is -2.27. The smallest absolute Gasteiger partial charge is 0.459 e. The molecule has 1 fully saturated rings. The number of ether oxygens (including phenoxy) is 3. The molecule has 0 amide bonds. The number of aliphatic hydroxyl groups is 2. The number of cyclic esters (lactones) is 1. The average Bonchev–Trinajstić information content (AvgIpc) is 3.42. The van der Waals surface area contributed by atoms with Gasteiger partial charge in [0.05, 0.1) is 26.1 Å². The van der Waals surface area contributed by atoms with Crippen molar-refractivity contribution in [1.29, 1.82) is 0 Å². The molecule has 5 rings (SSSR count). The van der Waals surface area contributed by atoms with Gasteiger partial charge in [-0.1, -0.05) is 18.2 Å². The molecule has 4 heterocycles. The SMILES string of the molecule is C[C@H]1NP(=O)(Oc2ccccc2)OC[C@H]2O[C@@H](n3cnc4c(nc(N)nc43)OCCCCOC1=O)[C@](C)(O)[C@@H]2O. The van der Waals surface area contributed by atoms with Gasteiger partial charge in [0.2, 0.25) is 11.8 Å². The second-order valence-electron chi connectivity index (χ2n) is 9.68. The van der Waals surface area contributed by atoms with Gasteiger partial charge in [0.15, 0.2) is 17.4 Å². The highest BCUT2D eigenvalue weighted by molar-refractivity contribution is 7.52. The number of carbonyl (C=O) groups excluding carboxylic acids is 1. The summed E-state index contributed by atoms with van der Waals surface area (Å²) in [6.45, 7) is 2.66. The van der Waals surface area contributed by atoms with E-state index >= 15 is 0 Å². The fourth-order valence-electron chi connectivity index (χ4n) is 4.40. The minimum absolute atomic E-state index is 0.0910.